The van der Waals surface area contributed by atoms with Crippen LogP contribution >= 0.6 is 11.6 Å². The van der Waals surface area contributed by atoms with Crippen molar-refractivity contribution in [2.45, 2.75) is 13.0 Å². The highest BCUT2D eigenvalue weighted by atomic mass is 35.5. The molecule has 0 unspecified atom stereocenters. The van der Waals surface area contributed by atoms with Crippen LogP contribution in [0.3, 0.4) is 0 Å². The Morgan fingerprint density at radius 2 is 2.25 bits per heavy atom. The van der Waals surface area contributed by atoms with Gasteiger partial charge in [0.2, 0.25) is 11.1 Å². The van der Waals surface area contributed by atoms with E-state index in [0.29, 0.717) is 4.90 Å². The van der Waals surface area contributed by atoms with E-state index in [1.807, 2.05) is 0 Å². The van der Waals surface area contributed by atoms with Crippen molar-refractivity contribution < 1.29 is 19.1 Å². The molecule has 1 fully saturated rings. The second-order valence-electron chi connectivity index (χ2n) is 2.29. The van der Waals surface area contributed by atoms with Crippen LogP contribution in [0.25, 0.3) is 0 Å². The minimum Gasteiger partial charge on any atom is -0.446 e. The average Bonchev–Trinajstić information content (AvgIpc) is 2.30. The molecule has 0 aromatic heterocycles. The van der Waals surface area contributed by atoms with Gasteiger partial charge in [0, 0.05) is 6.92 Å². The highest BCUT2D eigenvalue weighted by Gasteiger charge is 2.39. The van der Waals surface area contributed by atoms with Gasteiger partial charge in [-0.25, -0.2) is 9.69 Å². The largest absolute Gasteiger partial charge is 0.446 e. The molecule has 1 saturated heterocycles. The quantitative estimate of drug-likeness (QED) is 0.553. The van der Waals surface area contributed by atoms with E-state index in [9.17, 15) is 14.4 Å². The summed E-state index contributed by atoms with van der Waals surface area (Å²) in [5, 5.41) is -0.768. The van der Waals surface area contributed by atoms with E-state index in [0.717, 1.165) is 0 Å². The number of nitrogens with zero attached hydrogens (tertiary/aromatic N) is 1. The van der Waals surface area contributed by atoms with Crippen molar-refractivity contribution in [2.24, 2.45) is 0 Å². The smallest absolute Gasteiger partial charge is 0.417 e. The second kappa shape index (κ2) is 3.10. The van der Waals surface area contributed by atoms with Crippen LogP contribution in [0.15, 0.2) is 0 Å². The Morgan fingerprint density at radius 1 is 1.67 bits per heavy atom. The summed E-state index contributed by atoms with van der Waals surface area (Å²) >= 11 is 5.12. The molecule has 1 aliphatic rings. The van der Waals surface area contributed by atoms with Crippen LogP contribution < -0.4 is 0 Å². The van der Waals surface area contributed by atoms with E-state index in [1.54, 1.807) is 0 Å². The lowest BCUT2D eigenvalue weighted by atomic mass is 10.3. The Hall–Kier alpha value is -1.10. The molecule has 0 aliphatic carbocycles. The maximum absolute atomic E-state index is 10.8. The first kappa shape index (κ1) is 8.99. The molecule has 1 rings (SSSR count). The van der Waals surface area contributed by atoms with Gasteiger partial charge in [0.1, 0.15) is 6.61 Å². The lowest BCUT2D eigenvalue weighted by Crippen LogP contribution is -2.40. The van der Waals surface area contributed by atoms with Crippen LogP contribution in [0.5, 0.6) is 0 Å². The van der Waals surface area contributed by atoms with Gasteiger partial charge in [-0.15, -0.1) is 0 Å². The second-order valence-corrected chi connectivity index (χ2v) is 2.66. The van der Waals surface area contributed by atoms with Crippen molar-refractivity contribution in [1.82, 2.24) is 4.90 Å². The summed E-state index contributed by atoms with van der Waals surface area (Å²) < 4.78 is 4.46. The summed E-state index contributed by atoms with van der Waals surface area (Å²) in [5.41, 5.74) is 0. The molecule has 0 radical (unpaired) electrons. The first-order valence-electron chi connectivity index (χ1n) is 3.20. The zero-order valence-corrected chi connectivity index (χ0v) is 7.00. The summed E-state index contributed by atoms with van der Waals surface area (Å²) in [4.78, 5) is 32.9. The Balaban J connectivity index is 2.84. The predicted molar refractivity (Wildman–Crippen MR) is 38.5 cm³/mol. The van der Waals surface area contributed by atoms with Crippen molar-refractivity contribution in [1.29, 1.82) is 0 Å². The third kappa shape index (κ3) is 1.40. The number of halogens is 1. The number of rotatable bonds is 1. The van der Waals surface area contributed by atoms with Gasteiger partial charge in [0.25, 0.3) is 0 Å². The third-order valence-electron chi connectivity index (χ3n) is 1.47. The van der Waals surface area contributed by atoms with Gasteiger partial charge in [0.15, 0.2) is 6.04 Å². The first-order valence-corrected chi connectivity index (χ1v) is 3.57. The molecular formula is C6H6ClNO4. The molecule has 0 aromatic rings. The molecule has 1 atom stereocenters. The van der Waals surface area contributed by atoms with Crippen molar-refractivity contribution in [3.05, 3.63) is 0 Å². The number of cyclic esters (lactones) is 1. The maximum Gasteiger partial charge on any atom is 0.417 e. The molecule has 0 bridgehead atoms. The van der Waals surface area contributed by atoms with E-state index in [-0.39, 0.29) is 6.61 Å². The van der Waals surface area contributed by atoms with E-state index in [4.69, 9.17) is 11.6 Å². The minimum absolute atomic E-state index is 0.152. The number of carbonyl (C=O) groups is 3. The van der Waals surface area contributed by atoms with Crippen LogP contribution in [0, 0.1) is 0 Å². The Kier molecular flexibility index (Phi) is 2.32. The van der Waals surface area contributed by atoms with E-state index < -0.39 is 23.3 Å². The Labute approximate surface area is 73.2 Å². The van der Waals surface area contributed by atoms with Gasteiger partial charge in [-0.05, 0) is 11.6 Å². The van der Waals surface area contributed by atoms with Gasteiger partial charge in [0.05, 0.1) is 0 Å². The molecule has 2 amide bonds. The fraction of sp³-hybridized carbons (Fsp3) is 0.500. The van der Waals surface area contributed by atoms with Gasteiger partial charge >= 0.3 is 6.09 Å². The number of imide groups is 1. The fourth-order valence-electron chi connectivity index (χ4n) is 0.937. The first-order chi connectivity index (χ1) is 5.54. The number of hydrogen-bond acceptors (Lipinski definition) is 4. The molecule has 0 saturated carbocycles. The topological polar surface area (TPSA) is 63.7 Å². The van der Waals surface area contributed by atoms with Gasteiger partial charge < -0.3 is 4.74 Å². The minimum atomic E-state index is -0.961. The summed E-state index contributed by atoms with van der Waals surface area (Å²) in [6.07, 6.45) is -0.818. The number of carbonyl (C=O) groups excluding carboxylic acids is 3. The highest BCUT2D eigenvalue weighted by Crippen LogP contribution is 2.14. The van der Waals surface area contributed by atoms with Crippen LogP contribution in [-0.2, 0) is 14.3 Å². The van der Waals surface area contributed by atoms with Gasteiger partial charge in [-0.3, -0.25) is 9.59 Å². The third-order valence-corrected chi connectivity index (χ3v) is 1.73. The molecule has 6 heteroatoms. The zero-order valence-electron chi connectivity index (χ0n) is 6.24. The Bertz CT molecular complexity index is 252. The molecule has 66 valence electrons. The summed E-state index contributed by atoms with van der Waals surface area (Å²) in [5.74, 6) is -0.545. The number of ether oxygens (including phenoxy) is 1. The average molecular weight is 192 g/mol. The van der Waals surface area contributed by atoms with Crippen LogP contribution in [0.1, 0.15) is 6.92 Å². The molecule has 0 N–H and O–H groups in total. The number of amides is 2. The van der Waals surface area contributed by atoms with Crippen molar-refractivity contribution in [3.8, 4) is 0 Å². The summed E-state index contributed by atoms with van der Waals surface area (Å²) in [7, 11) is 0. The molecule has 12 heavy (non-hydrogen) atoms. The van der Waals surface area contributed by atoms with E-state index in [1.165, 1.54) is 6.92 Å². The van der Waals surface area contributed by atoms with E-state index >= 15 is 0 Å². The lowest BCUT2D eigenvalue weighted by Gasteiger charge is -2.12. The summed E-state index contributed by atoms with van der Waals surface area (Å²) in [6.45, 7) is 1.01. The molecular weight excluding hydrogens is 186 g/mol. The predicted octanol–water partition coefficient (Wildman–Crippen LogP) is 0.119. The molecule has 5 nitrogen and oxygen atoms in total. The van der Waals surface area contributed by atoms with Crippen molar-refractivity contribution in [3.63, 3.8) is 0 Å². The fourth-order valence-corrected chi connectivity index (χ4v) is 1.10. The van der Waals surface area contributed by atoms with Gasteiger partial charge in [-0.1, -0.05) is 0 Å². The highest BCUT2D eigenvalue weighted by molar-refractivity contribution is 6.65. The lowest BCUT2D eigenvalue weighted by molar-refractivity contribution is -0.130. The molecule has 0 spiro atoms. The van der Waals surface area contributed by atoms with Crippen molar-refractivity contribution >= 4 is 28.8 Å². The zero-order chi connectivity index (χ0) is 9.30. The number of hydrogen-bond donors (Lipinski definition) is 0. The molecule has 1 heterocycles. The normalized spacial score (nSPS) is 22.3. The van der Waals surface area contributed by atoms with Crippen LogP contribution in [0.2, 0.25) is 0 Å². The van der Waals surface area contributed by atoms with Crippen molar-refractivity contribution in [2.75, 3.05) is 6.61 Å². The SMILES string of the molecule is CC(=O)N1C(=O)OC[C@@H]1C(=O)Cl. The Morgan fingerprint density at radius 3 is 2.58 bits per heavy atom. The van der Waals surface area contributed by atoms with E-state index in [2.05, 4.69) is 4.74 Å². The maximum atomic E-state index is 10.8. The monoisotopic (exact) mass is 191 g/mol. The molecule has 1 aliphatic heterocycles. The van der Waals surface area contributed by atoms with Crippen LogP contribution in [0.4, 0.5) is 4.79 Å². The van der Waals surface area contributed by atoms with Gasteiger partial charge in [-0.2, -0.15) is 0 Å². The van der Waals surface area contributed by atoms with Crippen LogP contribution in [-0.4, -0.2) is 34.8 Å². The standard InChI is InChI=1S/C6H6ClNO4/c1-3(9)8-4(5(7)10)2-12-6(8)11/h4H,2H2,1H3/t4-/m1/s1. The molecule has 0 aromatic carbocycles. The summed E-state index contributed by atoms with van der Waals surface area (Å²) in [6, 6.07) is -0.961.